The van der Waals surface area contributed by atoms with Gasteiger partial charge in [-0.1, -0.05) is 30.3 Å². The summed E-state index contributed by atoms with van der Waals surface area (Å²) in [6.07, 6.45) is 2.30. The standard InChI is InChI=1S/C19H27N3O5/c23-13-19(26,27)16-9-5-11-22(16)17(24)15-8-4-10-21(15)18(25)20-12-14-6-2-1-3-7-14/h1-3,6-7,15-16,23,26-27H,4-5,8-13H2,(H,20,25)/t15-,16-/m0/s1. The van der Waals surface area contributed by atoms with Crippen LogP contribution in [0.5, 0.6) is 0 Å². The summed E-state index contributed by atoms with van der Waals surface area (Å²) in [5.74, 6) is -2.61. The van der Waals surface area contributed by atoms with Gasteiger partial charge < -0.3 is 30.4 Å². The number of benzene rings is 1. The van der Waals surface area contributed by atoms with Gasteiger partial charge in [0.05, 0.1) is 12.6 Å². The van der Waals surface area contributed by atoms with E-state index < -0.39 is 24.5 Å². The first-order valence-corrected chi connectivity index (χ1v) is 9.38. The molecule has 2 atom stereocenters. The van der Waals surface area contributed by atoms with Gasteiger partial charge in [0.25, 0.3) is 0 Å². The number of aliphatic hydroxyl groups is 3. The van der Waals surface area contributed by atoms with Gasteiger partial charge >= 0.3 is 6.03 Å². The van der Waals surface area contributed by atoms with E-state index in [1.165, 1.54) is 9.80 Å². The Morgan fingerprint density at radius 3 is 2.44 bits per heavy atom. The van der Waals surface area contributed by atoms with Crippen molar-refractivity contribution in [2.24, 2.45) is 0 Å². The Labute approximate surface area is 158 Å². The molecular weight excluding hydrogens is 350 g/mol. The number of carbonyl (C=O) groups is 2. The summed E-state index contributed by atoms with van der Waals surface area (Å²) in [7, 11) is 0. The smallest absolute Gasteiger partial charge is 0.318 e. The van der Waals surface area contributed by atoms with Crippen molar-refractivity contribution in [2.75, 3.05) is 19.7 Å². The highest BCUT2D eigenvalue weighted by molar-refractivity contribution is 5.88. The number of carbonyl (C=O) groups excluding carboxylic acids is 2. The van der Waals surface area contributed by atoms with E-state index >= 15 is 0 Å². The number of hydrogen-bond acceptors (Lipinski definition) is 5. The van der Waals surface area contributed by atoms with Gasteiger partial charge in [0.2, 0.25) is 11.7 Å². The van der Waals surface area contributed by atoms with E-state index in [4.69, 9.17) is 0 Å². The van der Waals surface area contributed by atoms with Crippen molar-refractivity contribution < 1.29 is 24.9 Å². The van der Waals surface area contributed by atoms with Crippen LogP contribution in [0.25, 0.3) is 0 Å². The average Bonchev–Trinajstić information content (AvgIpc) is 3.36. The third-order valence-corrected chi connectivity index (χ3v) is 5.39. The maximum absolute atomic E-state index is 13.0. The Balaban J connectivity index is 1.64. The van der Waals surface area contributed by atoms with E-state index in [0.29, 0.717) is 38.9 Å². The molecule has 2 saturated heterocycles. The minimum atomic E-state index is -2.33. The number of urea groups is 1. The molecule has 0 aliphatic carbocycles. The highest BCUT2D eigenvalue weighted by Crippen LogP contribution is 2.29. The molecular formula is C19H27N3O5. The van der Waals surface area contributed by atoms with Crippen LogP contribution in [0.15, 0.2) is 30.3 Å². The van der Waals surface area contributed by atoms with Crippen molar-refractivity contribution in [3.8, 4) is 0 Å². The van der Waals surface area contributed by atoms with Gasteiger partial charge in [0, 0.05) is 19.6 Å². The molecule has 1 aromatic carbocycles. The number of rotatable bonds is 5. The summed E-state index contributed by atoms with van der Waals surface area (Å²) in [5, 5.41) is 32.1. The number of likely N-dealkylation sites (tertiary alicyclic amines) is 2. The molecule has 1 aromatic rings. The van der Waals surface area contributed by atoms with Crippen LogP contribution in [0.1, 0.15) is 31.2 Å². The highest BCUT2D eigenvalue weighted by atomic mass is 16.5. The molecule has 0 unspecified atom stereocenters. The van der Waals surface area contributed by atoms with Crippen molar-refractivity contribution in [1.82, 2.24) is 15.1 Å². The number of nitrogens with zero attached hydrogens (tertiary/aromatic N) is 2. The van der Waals surface area contributed by atoms with E-state index in [9.17, 15) is 24.9 Å². The second-order valence-corrected chi connectivity index (χ2v) is 7.22. The van der Waals surface area contributed by atoms with Crippen LogP contribution in [0.4, 0.5) is 4.79 Å². The van der Waals surface area contributed by atoms with E-state index in [-0.39, 0.29) is 11.9 Å². The van der Waals surface area contributed by atoms with Crippen LogP contribution in [-0.4, -0.2) is 74.6 Å². The number of amides is 3. The molecule has 0 saturated carbocycles. The predicted molar refractivity (Wildman–Crippen MR) is 97.4 cm³/mol. The Morgan fingerprint density at radius 1 is 1.07 bits per heavy atom. The molecule has 0 radical (unpaired) electrons. The average molecular weight is 377 g/mol. The second kappa shape index (κ2) is 8.24. The fourth-order valence-electron chi connectivity index (χ4n) is 3.95. The lowest BCUT2D eigenvalue weighted by atomic mass is 10.0. The lowest BCUT2D eigenvalue weighted by Gasteiger charge is -2.36. The molecule has 2 heterocycles. The van der Waals surface area contributed by atoms with Gasteiger partial charge in [0.1, 0.15) is 6.04 Å². The molecule has 0 aromatic heterocycles. The van der Waals surface area contributed by atoms with Crippen LogP contribution < -0.4 is 5.32 Å². The normalized spacial score (nSPS) is 22.9. The van der Waals surface area contributed by atoms with Gasteiger partial charge in [-0.15, -0.1) is 0 Å². The molecule has 4 N–H and O–H groups in total. The van der Waals surface area contributed by atoms with Crippen molar-refractivity contribution >= 4 is 11.9 Å². The third kappa shape index (κ3) is 4.23. The summed E-state index contributed by atoms with van der Waals surface area (Å²) in [4.78, 5) is 28.5. The molecule has 148 valence electrons. The first-order chi connectivity index (χ1) is 12.9. The fraction of sp³-hybridized carbons (Fsp3) is 0.579. The van der Waals surface area contributed by atoms with E-state index in [0.717, 1.165) is 12.0 Å². The summed E-state index contributed by atoms with van der Waals surface area (Å²) in [5.41, 5.74) is 0.973. The third-order valence-electron chi connectivity index (χ3n) is 5.39. The minimum absolute atomic E-state index is 0.286. The summed E-state index contributed by atoms with van der Waals surface area (Å²) >= 11 is 0. The monoisotopic (exact) mass is 377 g/mol. The van der Waals surface area contributed by atoms with E-state index in [2.05, 4.69) is 5.32 Å². The summed E-state index contributed by atoms with van der Waals surface area (Å²) < 4.78 is 0. The SMILES string of the molecule is O=C([C@@H]1CCCN1C(=O)NCc1ccccc1)N1CCC[C@H]1C(O)(O)CO. The lowest BCUT2D eigenvalue weighted by molar-refractivity contribution is -0.222. The molecule has 0 bridgehead atoms. The molecule has 2 fully saturated rings. The van der Waals surface area contributed by atoms with Gasteiger partial charge in [-0.2, -0.15) is 0 Å². The minimum Gasteiger partial charge on any atom is -0.391 e. The zero-order chi connectivity index (χ0) is 19.4. The van der Waals surface area contributed by atoms with Gasteiger partial charge in [-0.25, -0.2) is 4.79 Å². The van der Waals surface area contributed by atoms with Crippen LogP contribution in [0.3, 0.4) is 0 Å². The Hall–Kier alpha value is -2.16. The fourth-order valence-corrected chi connectivity index (χ4v) is 3.95. The zero-order valence-electron chi connectivity index (χ0n) is 15.3. The number of hydrogen-bond donors (Lipinski definition) is 4. The highest BCUT2D eigenvalue weighted by Gasteiger charge is 2.46. The molecule has 3 amide bonds. The quantitative estimate of drug-likeness (QED) is 0.541. The zero-order valence-corrected chi connectivity index (χ0v) is 15.3. The molecule has 3 rings (SSSR count). The second-order valence-electron chi connectivity index (χ2n) is 7.22. The predicted octanol–water partition coefficient (Wildman–Crippen LogP) is 0.0248. The maximum atomic E-state index is 13.0. The van der Waals surface area contributed by atoms with Crippen LogP contribution in [-0.2, 0) is 11.3 Å². The van der Waals surface area contributed by atoms with Crippen molar-refractivity contribution in [1.29, 1.82) is 0 Å². The topological polar surface area (TPSA) is 113 Å². The number of nitrogens with one attached hydrogen (secondary N) is 1. The largest absolute Gasteiger partial charge is 0.391 e. The van der Waals surface area contributed by atoms with E-state index in [1.807, 2.05) is 30.3 Å². The van der Waals surface area contributed by atoms with Crippen molar-refractivity contribution in [3.63, 3.8) is 0 Å². The van der Waals surface area contributed by atoms with Crippen LogP contribution in [0, 0.1) is 0 Å². The lowest BCUT2D eigenvalue weighted by Crippen LogP contribution is -2.58. The molecule has 2 aliphatic heterocycles. The molecule has 27 heavy (non-hydrogen) atoms. The Morgan fingerprint density at radius 2 is 1.74 bits per heavy atom. The van der Waals surface area contributed by atoms with Crippen molar-refractivity contribution in [2.45, 2.75) is 50.1 Å². The molecule has 0 spiro atoms. The first-order valence-electron chi connectivity index (χ1n) is 9.38. The van der Waals surface area contributed by atoms with Gasteiger partial charge in [-0.3, -0.25) is 4.79 Å². The molecule has 8 heteroatoms. The summed E-state index contributed by atoms with van der Waals surface area (Å²) in [6.45, 7) is 0.416. The van der Waals surface area contributed by atoms with Crippen LogP contribution in [0.2, 0.25) is 0 Å². The summed E-state index contributed by atoms with van der Waals surface area (Å²) in [6, 6.07) is 7.76. The van der Waals surface area contributed by atoms with Crippen molar-refractivity contribution in [3.05, 3.63) is 35.9 Å². The molecule has 8 nitrogen and oxygen atoms in total. The Bertz CT molecular complexity index is 667. The maximum Gasteiger partial charge on any atom is 0.318 e. The van der Waals surface area contributed by atoms with Crippen LogP contribution >= 0.6 is 0 Å². The Kier molecular flexibility index (Phi) is 5.98. The molecule has 2 aliphatic rings. The van der Waals surface area contributed by atoms with Gasteiger partial charge in [0.15, 0.2) is 0 Å². The number of aliphatic hydroxyl groups excluding tert-OH is 1. The first kappa shape index (κ1) is 19.6. The van der Waals surface area contributed by atoms with E-state index in [1.54, 1.807) is 0 Å². The van der Waals surface area contributed by atoms with Gasteiger partial charge in [-0.05, 0) is 31.2 Å².